The topological polar surface area (TPSA) is 21.3 Å². The molecule has 0 saturated heterocycles. The van der Waals surface area contributed by atoms with Gasteiger partial charge in [0.2, 0.25) is 0 Å². The number of ether oxygens (including phenoxy) is 1. The number of hydrogen-bond acceptors (Lipinski definition) is 2. The molecule has 1 heterocycles. The normalized spacial score (nSPS) is 18.1. The number of halogens is 2. The average molecular weight is 350 g/mol. The third-order valence-corrected chi connectivity index (χ3v) is 4.79. The maximum absolute atomic E-state index is 13.2. The Hall–Kier alpha value is -1.39. The molecule has 0 fully saturated rings. The van der Waals surface area contributed by atoms with Crippen LogP contribution < -0.4 is 10.1 Å². The highest BCUT2D eigenvalue weighted by atomic mass is 79.9. The second-order valence-electron chi connectivity index (χ2n) is 5.29. The van der Waals surface area contributed by atoms with Crippen molar-refractivity contribution in [3.8, 4) is 5.75 Å². The van der Waals surface area contributed by atoms with Crippen molar-refractivity contribution in [3.05, 3.63) is 63.9 Å². The molecule has 2 atom stereocenters. The molecular weight excluding hydrogens is 333 g/mol. The highest BCUT2D eigenvalue weighted by Crippen LogP contribution is 2.36. The van der Waals surface area contributed by atoms with Crippen molar-refractivity contribution in [3.63, 3.8) is 0 Å². The van der Waals surface area contributed by atoms with E-state index >= 15 is 0 Å². The van der Waals surface area contributed by atoms with Crippen molar-refractivity contribution in [2.75, 3.05) is 13.7 Å². The summed E-state index contributed by atoms with van der Waals surface area (Å²) in [6, 6.07) is 13.3. The zero-order valence-electron chi connectivity index (χ0n) is 11.8. The molecule has 0 spiro atoms. The summed E-state index contributed by atoms with van der Waals surface area (Å²) < 4.78 is 19.8. The number of likely N-dealkylation sites (N-methyl/N-ethyl adjacent to an activating group) is 1. The predicted molar refractivity (Wildman–Crippen MR) is 85.3 cm³/mol. The summed E-state index contributed by atoms with van der Waals surface area (Å²) in [5.41, 5.74) is 2.34. The van der Waals surface area contributed by atoms with Gasteiger partial charge in [0.25, 0.3) is 0 Å². The molecule has 0 radical (unpaired) electrons. The Bertz CT molecular complexity index is 646. The molecule has 4 heteroatoms. The molecule has 1 aliphatic heterocycles. The second-order valence-corrected chi connectivity index (χ2v) is 6.14. The number of rotatable bonds is 4. The molecule has 0 amide bonds. The van der Waals surface area contributed by atoms with Gasteiger partial charge in [-0.1, -0.05) is 40.2 Å². The molecule has 1 N–H and O–H groups in total. The lowest BCUT2D eigenvalue weighted by molar-refractivity contribution is 0.302. The van der Waals surface area contributed by atoms with Crippen LogP contribution in [0.15, 0.2) is 46.9 Å². The molecule has 1 aliphatic rings. The Morgan fingerprint density at radius 1 is 1.33 bits per heavy atom. The Morgan fingerprint density at radius 3 is 2.90 bits per heavy atom. The van der Waals surface area contributed by atoms with Gasteiger partial charge in [0.15, 0.2) is 0 Å². The van der Waals surface area contributed by atoms with Crippen LogP contribution in [-0.4, -0.2) is 19.7 Å². The van der Waals surface area contributed by atoms with Gasteiger partial charge in [-0.3, -0.25) is 0 Å². The summed E-state index contributed by atoms with van der Waals surface area (Å²) >= 11 is 3.45. The lowest BCUT2D eigenvalue weighted by Crippen LogP contribution is -2.35. The van der Waals surface area contributed by atoms with Gasteiger partial charge in [-0.15, -0.1) is 0 Å². The molecule has 3 rings (SSSR count). The van der Waals surface area contributed by atoms with Gasteiger partial charge >= 0.3 is 0 Å². The maximum Gasteiger partial charge on any atom is 0.124 e. The minimum atomic E-state index is -0.221. The van der Waals surface area contributed by atoms with Crippen LogP contribution in [-0.2, 0) is 6.42 Å². The van der Waals surface area contributed by atoms with Crippen LogP contribution in [0.3, 0.4) is 0 Å². The van der Waals surface area contributed by atoms with Crippen molar-refractivity contribution in [1.29, 1.82) is 0 Å². The molecule has 21 heavy (non-hydrogen) atoms. The zero-order valence-corrected chi connectivity index (χ0v) is 13.4. The fourth-order valence-corrected chi connectivity index (χ4v) is 3.40. The Morgan fingerprint density at radius 2 is 2.14 bits per heavy atom. The van der Waals surface area contributed by atoms with Crippen molar-refractivity contribution in [2.45, 2.75) is 18.4 Å². The van der Waals surface area contributed by atoms with Crippen LogP contribution in [0.4, 0.5) is 4.39 Å². The molecule has 2 aromatic rings. The first-order valence-corrected chi connectivity index (χ1v) is 7.81. The maximum atomic E-state index is 13.2. The summed E-state index contributed by atoms with van der Waals surface area (Å²) in [5.74, 6) is 1.06. The Labute approximate surface area is 132 Å². The van der Waals surface area contributed by atoms with Crippen molar-refractivity contribution in [2.24, 2.45) is 0 Å². The molecule has 0 saturated carbocycles. The molecule has 0 aliphatic carbocycles. The summed E-state index contributed by atoms with van der Waals surface area (Å²) in [6.07, 6.45) is 0.819. The number of nitrogens with one attached hydrogen (secondary N) is 1. The van der Waals surface area contributed by atoms with Gasteiger partial charge in [0.1, 0.15) is 11.6 Å². The highest BCUT2D eigenvalue weighted by molar-refractivity contribution is 9.10. The summed E-state index contributed by atoms with van der Waals surface area (Å²) in [6.45, 7) is 0.684. The van der Waals surface area contributed by atoms with Crippen LogP contribution >= 0.6 is 15.9 Å². The number of hydrogen-bond donors (Lipinski definition) is 1. The Kier molecular flexibility index (Phi) is 4.27. The molecule has 2 nitrogen and oxygen atoms in total. The van der Waals surface area contributed by atoms with Crippen LogP contribution in [0.25, 0.3) is 0 Å². The van der Waals surface area contributed by atoms with Crippen LogP contribution in [0.1, 0.15) is 17.0 Å². The third kappa shape index (κ3) is 2.97. The smallest absolute Gasteiger partial charge is 0.124 e. The third-order valence-electron chi connectivity index (χ3n) is 4.05. The van der Waals surface area contributed by atoms with E-state index in [-0.39, 0.29) is 11.9 Å². The summed E-state index contributed by atoms with van der Waals surface area (Å²) in [5, 5.41) is 3.38. The zero-order chi connectivity index (χ0) is 14.8. The van der Waals surface area contributed by atoms with E-state index in [0.717, 1.165) is 22.2 Å². The quantitative estimate of drug-likeness (QED) is 0.903. The predicted octanol–water partition coefficient (Wildman–Crippen LogP) is 3.89. The number of fused-ring (bicyclic) bond motifs is 1. The highest BCUT2D eigenvalue weighted by Gasteiger charge is 2.30. The second kappa shape index (κ2) is 6.16. The molecule has 2 unspecified atom stereocenters. The molecule has 2 aromatic carbocycles. The van der Waals surface area contributed by atoms with Crippen LogP contribution in [0.5, 0.6) is 5.75 Å². The van der Waals surface area contributed by atoms with Crippen LogP contribution in [0.2, 0.25) is 0 Å². The minimum absolute atomic E-state index is 0.221. The van der Waals surface area contributed by atoms with E-state index in [9.17, 15) is 4.39 Å². The van der Waals surface area contributed by atoms with E-state index in [1.165, 1.54) is 17.7 Å². The van der Waals surface area contributed by atoms with E-state index in [1.807, 2.05) is 31.3 Å². The summed E-state index contributed by atoms with van der Waals surface area (Å²) in [4.78, 5) is 0. The van der Waals surface area contributed by atoms with Gasteiger partial charge < -0.3 is 10.1 Å². The Balaban J connectivity index is 1.83. The minimum Gasteiger partial charge on any atom is -0.493 e. The first-order valence-electron chi connectivity index (χ1n) is 7.02. The van der Waals surface area contributed by atoms with Gasteiger partial charge in [-0.2, -0.15) is 0 Å². The first kappa shape index (κ1) is 14.5. The van der Waals surface area contributed by atoms with Crippen molar-refractivity contribution >= 4 is 15.9 Å². The van der Waals surface area contributed by atoms with E-state index in [1.54, 1.807) is 0 Å². The molecule has 0 aromatic heterocycles. The molecular formula is C17H17BrFNO. The van der Waals surface area contributed by atoms with E-state index in [4.69, 9.17) is 4.74 Å². The van der Waals surface area contributed by atoms with Crippen LogP contribution in [0, 0.1) is 5.82 Å². The number of para-hydroxylation sites is 1. The lowest BCUT2D eigenvalue weighted by atomic mass is 9.89. The fourth-order valence-electron chi connectivity index (χ4n) is 2.89. The monoisotopic (exact) mass is 349 g/mol. The van der Waals surface area contributed by atoms with Crippen molar-refractivity contribution < 1.29 is 9.13 Å². The fraction of sp³-hybridized carbons (Fsp3) is 0.294. The summed E-state index contributed by atoms with van der Waals surface area (Å²) in [7, 11) is 1.96. The first-order chi connectivity index (χ1) is 10.2. The van der Waals surface area contributed by atoms with E-state index in [0.29, 0.717) is 12.5 Å². The average Bonchev–Trinajstić information content (AvgIpc) is 2.91. The van der Waals surface area contributed by atoms with Gasteiger partial charge in [-0.05, 0) is 37.2 Å². The van der Waals surface area contributed by atoms with Crippen molar-refractivity contribution in [1.82, 2.24) is 5.32 Å². The van der Waals surface area contributed by atoms with Gasteiger partial charge in [0.05, 0.1) is 6.61 Å². The largest absolute Gasteiger partial charge is 0.493 e. The standard InChI is InChI=1S/C17H17BrFNO/c1-20-16(8-11-6-7-12(19)9-15(11)18)14-10-21-17-5-3-2-4-13(14)17/h2-7,9,14,16,20H,8,10H2,1H3. The lowest BCUT2D eigenvalue weighted by Gasteiger charge is -2.23. The van der Waals surface area contributed by atoms with E-state index < -0.39 is 0 Å². The van der Waals surface area contributed by atoms with Gasteiger partial charge in [-0.25, -0.2) is 4.39 Å². The number of benzene rings is 2. The van der Waals surface area contributed by atoms with E-state index in [2.05, 4.69) is 27.3 Å². The van der Waals surface area contributed by atoms with Gasteiger partial charge in [0, 0.05) is 22.0 Å². The SMILES string of the molecule is CNC(Cc1ccc(F)cc1Br)C1COc2ccccc21. The molecule has 0 bridgehead atoms. The molecule has 110 valence electrons.